The third kappa shape index (κ3) is 4.72. The first kappa shape index (κ1) is 21.4. The Morgan fingerprint density at radius 1 is 1.20 bits per heavy atom. The SMILES string of the molecule is Cc1nc(CN2CCN(S(=O)(=O)C3=Cc4ccc(OC(F)F)cc4CC3)CC2)cs1. The van der Waals surface area contributed by atoms with Crippen molar-refractivity contribution >= 4 is 27.4 Å². The number of nitrogens with zero attached hydrogens (tertiary/aromatic N) is 3. The molecule has 162 valence electrons. The molecule has 0 radical (unpaired) electrons. The number of aromatic nitrogens is 1. The summed E-state index contributed by atoms with van der Waals surface area (Å²) in [6.45, 7) is 2.03. The van der Waals surface area contributed by atoms with Gasteiger partial charge in [-0.15, -0.1) is 11.3 Å². The molecule has 4 rings (SSSR count). The number of sulfonamides is 1. The predicted octanol–water partition coefficient (Wildman–Crippen LogP) is 3.49. The molecule has 0 atom stereocenters. The van der Waals surface area contributed by atoms with Crippen molar-refractivity contribution in [3.05, 3.63) is 50.3 Å². The van der Waals surface area contributed by atoms with Crippen LogP contribution in [0.3, 0.4) is 0 Å². The molecule has 0 bridgehead atoms. The Labute approximate surface area is 178 Å². The van der Waals surface area contributed by atoms with Crippen molar-refractivity contribution in [3.8, 4) is 5.75 Å². The van der Waals surface area contributed by atoms with Gasteiger partial charge < -0.3 is 4.74 Å². The van der Waals surface area contributed by atoms with Crippen molar-refractivity contribution in [1.29, 1.82) is 0 Å². The van der Waals surface area contributed by atoms with Gasteiger partial charge in [-0.05, 0) is 49.1 Å². The number of piperazine rings is 1. The number of benzene rings is 1. The van der Waals surface area contributed by atoms with Gasteiger partial charge in [-0.25, -0.2) is 13.4 Å². The second kappa shape index (κ2) is 8.70. The lowest BCUT2D eigenvalue weighted by Crippen LogP contribution is -2.48. The normalized spacial score (nSPS) is 18.3. The molecule has 1 aliphatic carbocycles. The molecule has 1 fully saturated rings. The first-order valence-corrected chi connectivity index (χ1v) is 12.0. The maximum absolute atomic E-state index is 13.1. The Hall–Kier alpha value is -1.88. The zero-order valence-electron chi connectivity index (χ0n) is 16.6. The highest BCUT2D eigenvalue weighted by molar-refractivity contribution is 7.93. The van der Waals surface area contributed by atoms with Crippen LogP contribution < -0.4 is 4.74 Å². The van der Waals surface area contributed by atoms with Crippen LogP contribution in [0.25, 0.3) is 6.08 Å². The topological polar surface area (TPSA) is 62.7 Å². The molecular weight excluding hydrogens is 432 g/mol. The highest BCUT2D eigenvalue weighted by Gasteiger charge is 2.31. The average molecular weight is 456 g/mol. The Balaban J connectivity index is 1.42. The zero-order chi connectivity index (χ0) is 21.3. The van der Waals surface area contributed by atoms with Crippen LogP contribution in [0, 0.1) is 6.92 Å². The molecule has 0 N–H and O–H groups in total. The van der Waals surface area contributed by atoms with Crippen LogP contribution >= 0.6 is 11.3 Å². The number of ether oxygens (including phenoxy) is 1. The van der Waals surface area contributed by atoms with E-state index < -0.39 is 16.6 Å². The molecule has 2 heterocycles. The summed E-state index contributed by atoms with van der Waals surface area (Å²) in [7, 11) is -3.55. The molecule has 0 unspecified atom stereocenters. The van der Waals surface area contributed by atoms with Crippen LogP contribution in [0.5, 0.6) is 5.75 Å². The number of halogens is 2. The van der Waals surface area contributed by atoms with Crippen LogP contribution in [-0.2, 0) is 23.0 Å². The fourth-order valence-corrected chi connectivity index (χ4v) is 6.04. The van der Waals surface area contributed by atoms with Crippen molar-refractivity contribution in [3.63, 3.8) is 0 Å². The number of hydrogen-bond acceptors (Lipinski definition) is 6. The first-order chi connectivity index (χ1) is 14.3. The molecule has 2 aliphatic rings. The van der Waals surface area contributed by atoms with Crippen LogP contribution in [0.15, 0.2) is 28.5 Å². The summed E-state index contributed by atoms with van der Waals surface area (Å²) in [6, 6.07) is 4.63. The van der Waals surface area contributed by atoms with Crippen molar-refractivity contribution in [2.75, 3.05) is 26.2 Å². The lowest BCUT2D eigenvalue weighted by atomic mass is 9.97. The number of alkyl halides is 2. The zero-order valence-corrected chi connectivity index (χ0v) is 18.2. The van der Waals surface area contributed by atoms with Crippen molar-refractivity contribution in [2.45, 2.75) is 32.9 Å². The minimum absolute atomic E-state index is 0.0925. The Bertz CT molecular complexity index is 1050. The van der Waals surface area contributed by atoms with Gasteiger partial charge in [0.05, 0.1) is 15.6 Å². The van der Waals surface area contributed by atoms with Gasteiger partial charge in [0, 0.05) is 38.1 Å². The van der Waals surface area contributed by atoms with Gasteiger partial charge >= 0.3 is 6.61 Å². The number of rotatable bonds is 6. The number of fused-ring (bicyclic) bond motifs is 1. The molecule has 6 nitrogen and oxygen atoms in total. The smallest absolute Gasteiger partial charge is 0.387 e. The number of aryl methyl sites for hydroxylation is 2. The van der Waals surface area contributed by atoms with Crippen LogP contribution in [0.2, 0.25) is 0 Å². The Morgan fingerprint density at radius 3 is 2.63 bits per heavy atom. The molecule has 0 saturated carbocycles. The largest absolute Gasteiger partial charge is 0.435 e. The summed E-state index contributed by atoms with van der Waals surface area (Å²) in [5.41, 5.74) is 2.57. The molecule has 1 aromatic heterocycles. The van der Waals surface area contributed by atoms with E-state index in [0.29, 0.717) is 43.9 Å². The molecule has 10 heteroatoms. The maximum atomic E-state index is 13.1. The van der Waals surface area contributed by atoms with Crippen LogP contribution in [0.1, 0.15) is 28.2 Å². The number of thiazole rings is 1. The molecule has 1 saturated heterocycles. The second-order valence-electron chi connectivity index (χ2n) is 7.39. The van der Waals surface area contributed by atoms with E-state index in [2.05, 4.69) is 14.6 Å². The summed E-state index contributed by atoms with van der Waals surface area (Å²) in [5.74, 6) is 0.0925. The molecule has 1 aliphatic heterocycles. The van der Waals surface area contributed by atoms with E-state index in [0.717, 1.165) is 28.4 Å². The summed E-state index contributed by atoms with van der Waals surface area (Å²) in [4.78, 5) is 7.07. The van der Waals surface area contributed by atoms with Gasteiger partial charge in [0.2, 0.25) is 10.0 Å². The minimum atomic E-state index is -3.55. The molecular formula is C20H23F2N3O3S2. The van der Waals surface area contributed by atoms with Gasteiger partial charge in [0.15, 0.2) is 0 Å². The van der Waals surface area contributed by atoms with Gasteiger partial charge in [-0.3, -0.25) is 4.90 Å². The summed E-state index contributed by atoms with van der Waals surface area (Å²) < 4.78 is 57.1. The molecule has 2 aromatic rings. The van der Waals surface area contributed by atoms with Crippen LogP contribution in [-0.4, -0.2) is 55.4 Å². The van der Waals surface area contributed by atoms with Crippen LogP contribution in [0.4, 0.5) is 8.78 Å². The van der Waals surface area contributed by atoms with E-state index in [1.165, 1.54) is 6.07 Å². The van der Waals surface area contributed by atoms with Crippen molar-refractivity contribution in [1.82, 2.24) is 14.2 Å². The molecule has 0 spiro atoms. The minimum Gasteiger partial charge on any atom is -0.435 e. The molecule has 30 heavy (non-hydrogen) atoms. The Kier molecular flexibility index (Phi) is 6.19. The van der Waals surface area contributed by atoms with E-state index in [1.807, 2.05) is 12.3 Å². The van der Waals surface area contributed by atoms with Crippen molar-refractivity contribution < 1.29 is 21.9 Å². The lowest BCUT2D eigenvalue weighted by Gasteiger charge is -2.34. The fraction of sp³-hybridized carbons (Fsp3) is 0.450. The predicted molar refractivity (Wildman–Crippen MR) is 112 cm³/mol. The third-order valence-electron chi connectivity index (χ3n) is 5.35. The first-order valence-electron chi connectivity index (χ1n) is 9.73. The van der Waals surface area contributed by atoms with Gasteiger partial charge in [-0.1, -0.05) is 6.07 Å². The van der Waals surface area contributed by atoms with Gasteiger partial charge in [-0.2, -0.15) is 13.1 Å². The summed E-state index contributed by atoms with van der Waals surface area (Å²) in [5, 5.41) is 3.07. The molecule has 0 amide bonds. The monoisotopic (exact) mass is 455 g/mol. The molecule has 1 aromatic carbocycles. The number of allylic oxidation sites excluding steroid dienone is 1. The van der Waals surface area contributed by atoms with Crippen molar-refractivity contribution in [2.24, 2.45) is 0 Å². The van der Waals surface area contributed by atoms with E-state index in [4.69, 9.17) is 0 Å². The quantitative estimate of drug-likeness (QED) is 0.667. The number of hydrogen-bond donors (Lipinski definition) is 0. The van der Waals surface area contributed by atoms with E-state index in [-0.39, 0.29) is 5.75 Å². The Morgan fingerprint density at radius 2 is 1.97 bits per heavy atom. The maximum Gasteiger partial charge on any atom is 0.387 e. The van der Waals surface area contributed by atoms with E-state index in [9.17, 15) is 17.2 Å². The van der Waals surface area contributed by atoms with E-state index >= 15 is 0 Å². The van der Waals surface area contributed by atoms with Gasteiger partial charge in [0.1, 0.15) is 5.75 Å². The van der Waals surface area contributed by atoms with E-state index in [1.54, 1.807) is 33.9 Å². The standard InChI is InChI=1S/C20H23F2N3O3S2/c1-14-23-17(13-29-14)12-24-6-8-25(9-7-24)30(26,27)19-5-3-15-10-18(28-20(21)22)4-2-16(15)11-19/h2,4,10-11,13,20H,3,5-9,12H2,1H3. The third-order valence-corrected chi connectivity index (χ3v) is 8.20. The summed E-state index contributed by atoms with van der Waals surface area (Å²) in [6.07, 6.45) is 2.49. The summed E-state index contributed by atoms with van der Waals surface area (Å²) >= 11 is 1.62. The fourth-order valence-electron chi connectivity index (χ4n) is 3.83. The average Bonchev–Trinajstić information content (AvgIpc) is 3.12. The highest BCUT2D eigenvalue weighted by Crippen LogP contribution is 2.32. The lowest BCUT2D eigenvalue weighted by molar-refractivity contribution is -0.0498. The van der Waals surface area contributed by atoms with Gasteiger partial charge in [0.25, 0.3) is 0 Å². The second-order valence-corrected chi connectivity index (χ2v) is 10.4. The highest BCUT2D eigenvalue weighted by atomic mass is 32.2.